The molecule has 0 N–H and O–H groups in total. The maximum Gasteiger partial charge on any atom is 0.487 e. The second kappa shape index (κ2) is 6.08. The maximum absolute atomic E-state index is 5.89. The highest BCUT2D eigenvalue weighted by Crippen LogP contribution is 2.36. The first-order chi connectivity index (χ1) is 9.84. The van der Waals surface area contributed by atoms with E-state index in [0.717, 1.165) is 11.3 Å². The van der Waals surface area contributed by atoms with Crippen LogP contribution in [-0.4, -0.2) is 25.4 Å². The van der Waals surface area contributed by atoms with Crippen LogP contribution in [0.15, 0.2) is 42.4 Å². The van der Waals surface area contributed by atoms with Gasteiger partial charge in [0.1, 0.15) is 5.75 Å². The molecule has 21 heavy (non-hydrogen) atoms. The summed E-state index contributed by atoms with van der Waals surface area (Å²) < 4.78 is 17.0. The molecule has 0 radical (unpaired) electrons. The summed E-state index contributed by atoms with van der Waals surface area (Å²) >= 11 is 0. The number of ether oxygens (including phenoxy) is 1. The molecule has 0 atom stereocenters. The van der Waals surface area contributed by atoms with E-state index < -0.39 is 0 Å². The number of hydrogen-bond donors (Lipinski definition) is 0. The number of hydrogen-bond acceptors (Lipinski definition) is 3. The lowest BCUT2D eigenvalue weighted by Gasteiger charge is -2.32. The maximum atomic E-state index is 5.89. The van der Waals surface area contributed by atoms with Gasteiger partial charge in [-0.2, -0.15) is 0 Å². The molecule has 1 saturated heterocycles. The summed E-state index contributed by atoms with van der Waals surface area (Å²) in [6, 6.07) is 7.91. The standard InChI is InChI=1S/C17H23BO3/c1-16(2)17(3,4)21-18(20-16)12-7-6-9-14-10-8-11-15(13-14)19-5/h6-13H,1-5H3/b9-6+,12-7+. The summed E-state index contributed by atoms with van der Waals surface area (Å²) in [6.45, 7) is 8.19. The van der Waals surface area contributed by atoms with Gasteiger partial charge in [0.05, 0.1) is 18.3 Å². The molecule has 1 aliphatic heterocycles. The average Bonchev–Trinajstić information content (AvgIpc) is 2.63. The first-order valence-corrected chi connectivity index (χ1v) is 7.19. The van der Waals surface area contributed by atoms with Gasteiger partial charge < -0.3 is 14.0 Å². The lowest BCUT2D eigenvalue weighted by molar-refractivity contribution is 0.00578. The topological polar surface area (TPSA) is 27.7 Å². The van der Waals surface area contributed by atoms with Crippen molar-refractivity contribution in [3.8, 4) is 5.75 Å². The molecule has 1 aromatic rings. The highest BCUT2D eigenvalue weighted by molar-refractivity contribution is 6.51. The molecule has 0 aromatic heterocycles. The van der Waals surface area contributed by atoms with Crippen LogP contribution in [0, 0.1) is 0 Å². The largest absolute Gasteiger partial charge is 0.497 e. The Morgan fingerprint density at radius 1 is 1.05 bits per heavy atom. The number of benzene rings is 1. The molecule has 0 saturated carbocycles. The van der Waals surface area contributed by atoms with Crippen LogP contribution in [0.5, 0.6) is 5.75 Å². The first-order valence-electron chi connectivity index (χ1n) is 7.19. The normalized spacial score (nSPS) is 20.5. The van der Waals surface area contributed by atoms with E-state index in [4.69, 9.17) is 14.0 Å². The third-order valence-electron chi connectivity index (χ3n) is 4.03. The van der Waals surface area contributed by atoms with Crippen LogP contribution in [-0.2, 0) is 9.31 Å². The molecule has 1 heterocycles. The van der Waals surface area contributed by atoms with Crippen molar-refractivity contribution in [1.82, 2.24) is 0 Å². The van der Waals surface area contributed by atoms with Gasteiger partial charge in [-0.15, -0.1) is 0 Å². The number of allylic oxidation sites excluding steroid dienone is 2. The lowest BCUT2D eigenvalue weighted by Crippen LogP contribution is -2.41. The van der Waals surface area contributed by atoms with Crippen LogP contribution in [0.1, 0.15) is 33.3 Å². The van der Waals surface area contributed by atoms with Crippen molar-refractivity contribution in [3.63, 3.8) is 0 Å². The Bertz CT molecular complexity index is 531. The number of methoxy groups -OCH3 is 1. The molecule has 0 bridgehead atoms. The van der Waals surface area contributed by atoms with E-state index in [1.165, 1.54) is 0 Å². The van der Waals surface area contributed by atoms with Crippen LogP contribution in [0.2, 0.25) is 0 Å². The van der Waals surface area contributed by atoms with Gasteiger partial charge in [-0.3, -0.25) is 0 Å². The molecule has 1 aromatic carbocycles. The molecular formula is C17H23BO3. The zero-order chi connectivity index (χ0) is 15.5. The number of rotatable bonds is 4. The predicted octanol–water partition coefficient (Wildman–Crippen LogP) is 3.90. The molecule has 1 fully saturated rings. The van der Waals surface area contributed by atoms with E-state index in [9.17, 15) is 0 Å². The minimum Gasteiger partial charge on any atom is -0.497 e. The molecule has 112 valence electrons. The average molecular weight is 286 g/mol. The molecule has 0 spiro atoms. The van der Waals surface area contributed by atoms with Gasteiger partial charge in [0, 0.05) is 0 Å². The summed E-state index contributed by atoms with van der Waals surface area (Å²) in [6.07, 6.45) is 5.94. The van der Waals surface area contributed by atoms with Crippen molar-refractivity contribution in [2.45, 2.75) is 38.9 Å². The summed E-state index contributed by atoms with van der Waals surface area (Å²) in [5.74, 6) is 2.78. The molecule has 1 aliphatic rings. The Hall–Kier alpha value is -1.52. The summed E-state index contributed by atoms with van der Waals surface area (Å²) in [5, 5.41) is 0. The smallest absolute Gasteiger partial charge is 0.487 e. The fourth-order valence-corrected chi connectivity index (χ4v) is 2.03. The van der Waals surface area contributed by atoms with Gasteiger partial charge in [-0.25, -0.2) is 0 Å². The minimum atomic E-state index is -0.301. The molecule has 3 nitrogen and oxygen atoms in total. The zero-order valence-electron chi connectivity index (χ0n) is 13.4. The Morgan fingerprint density at radius 3 is 2.33 bits per heavy atom. The third-order valence-corrected chi connectivity index (χ3v) is 4.03. The Morgan fingerprint density at radius 2 is 1.71 bits per heavy atom. The lowest BCUT2D eigenvalue weighted by atomic mass is 9.90. The Kier molecular flexibility index (Phi) is 4.59. The third kappa shape index (κ3) is 3.77. The summed E-state index contributed by atoms with van der Waals surface area (Å²) in [4.78, 5) is 0. The van der Waals surface area contributed by atoms with Crippen molar-refractivity contribution in [2.75, 3.05) is 7.11 Å². The first kappa shape index (κ1) is 15.9. The predicted molar refractivity (Wildman–Crippen MR) is 87.3 cm³/mol. The van der Waals surface area contributed by atoms with E-state index in [1.54, 1.807) is 7.11 Å². The van der Waals surface area contributed by atoms with E-state index >= 15 is 0 Å². The van der Waals surface area contributed by atoms with Crippen LogP contribution < -0.4 is 4.74 Å². The molecule has 0 aliphatic carbocycles. The van der Waals surface area contributed by atoms with Crippen LogP contribution in [0.25, 0.3) is 6.08 Å². The van der Waals surface area contributed by atoms with Crippen molar-refractivity contribution >= 4 is 13.2 Å². The summed E-state index contributed by atoms with van der Waals surface area (Å²) in [7, 11) is 1.37. The molecular weight excluding hydrogens is 263 g/mol. The van der Waals surface area contributed by atoms with E-state index in [-0.39, 0.29) is 18.3 Å². The fraction of sp³-hybridized carbons (Fsp3) is 0.412. The van der Waals surface area contributed by atoms with Gasteiger partial charge in [-0.05, 0) is 45.4 Å². The monoisotopic (exact) mass is 286 g/mol. The van der Waals surface area contributed by atoms with E-state index in [0.29, 0.717) is 0 Å². The van der Waals surface area contributed by atoms with Crippen LogP contribution in [0.4, 0.5) is 0 Å². The van der Waals surface area contributed by atoms with Crippen molar-refractivity contribution in [2.24, 2.45) is 0 Å². The minimum absolute atomic E-state index is 0.293. The van der Waals surface area contributed by atoms with E-state index in [1.807, 2.05) is 76.2 Å². The van der Waals surface area contributed by atoms with Crippen molar-refractivity contribution in [3.05, 3.63) is 48.0 Å². The Balaban J connectivity index is 1.95. The van der Waals surface area contributed by atoms with Crippen molar-refractivity contribution in [1.29, 1.82) is 0 Å². The van der Waals surface area contributed by atoms with Gasteiger partial charge in [0.2, 0.25) is 0 Å². The van der Waals surface area contributed by atoms with Crippen LogP contribution in [0.3, 0.4) is 0 Å². The Labute approximate surface area is 127 Å². The molecule has 0 amide bonds. The van der Waals surface area contributed by atoms with Gasteiger partial charge in [0.15, 0.2) is 0 Å². The van der Waals surface area contributed by atoms with Gasteiger partial charge in [-0.1, -0.05) is 36.3 Å². The highest BCUT2D eigenvalue weighted by Gasteiger charge is 2.49. The zero-order valence-corrected chi connectivity index (χ0v) is 13.4. The fourth-order valence-electron chi connectivity index (χ4n) is 2.03. The summed E-state index contributed by atoms with van der Waals surface area (Å²) in [5.41, 5.74) is 0.504. The second-order valence-corrected chi connectivity index (χ2v) is 6.15. The van der Waals surface area contributed by atoms with Crippen LogP contribution >= 0.6 is 0 Å². The SMILES string of the molecule is COc1cccc(/C=C/C=C/B2OC(C)(C)C(C)(C)O2)c1. The molecule has 0 unspecified atom stereocenters. The second-order valence-electron chi connectivity index (χ2n) is 6.15. The molecule has 2 rings (SSSR count). The van der Waals surface area contributed by atoms with Crippen molar-refractivity contribution < 1.29 is 14.0 Å². The molecule has 4 heteroatoms. The highest BCUT2D eigenvalue weighted by atomic mass is 16.7. The van der Waals surface area contributed by atoms with Gasteiger partial charge >= 0.3 is 7.12 Å². The van der Waals surface area contributed by atoms with E-state index in [2.05, 4.69) is 0 Å². The quantitative estimate of drug-likeness (QED) is 0.620. The van der Waals surface area contributed by atoms with Gasteiger partial charge in [0.25, 0.3) is 0 Å².